The van der Waals surface area contributed by atoms with Gasteiger partial charge in [-0.25, -0.2) is 0 Å². The molecule has 0 aromatic carbocycles. The molecule has 0 spiro atoms. The Hall–Kier alpha value is -0.800. The van der Waals surface area contributed by atoms with Crippen LogP contribution in [-0.4, -0.2) is 18.8 Å². The summed E-state index contributed by atoms with van der Waals surface area (Å²) in [6, 6.07) is 0. The molecule has 1 aliphatic carbocycles. The highest BCUT2D eigenvalue weighted by Gasteiger charge is 2.29. The zero-order valence-corrected chi connectivity index (χ0v) is 9.75. The fourth-order valence-corrected chi connectivity index (χ4v) is 1.92. The molecule has 1 unspecified atom stereocenters. The summed E-state index contributed by atoms with van der Waals surface area (Å²) >= 11 is 0. The lowest BCUT2D eigenvalue weighted by atomic mass is 9.85. The molecule has 86 valence electrons. The van der Waals surface area contributed by atoms with E-state index in [2.05, 4.69) is 19.9 Å². The van der Waals surface area contributed by atoms with Crippen LogP contribution in [0.15, 0.2) is 23.4 Å². The molecule has 0 aliphatic heterocycles. The average molecular weight is 210 g/mol. The molecule has 1 rings (SSSR count). The third-order valence-electron chi connectivity index (χ3n) is 3.02. The van der Waals surface area contributed by atoms with E-state index >= 15 is 0 Å². The van der Waals surface area contributed by atoms with E-state index in [9.17, 15) is 0 Å². The second kappa shape index (κ2) is 5.33. The van der Waals surface area contributed by atoms with Gasteiger partial charge in [-0.3, -0.25) is 0 Å². The standard InChI is InChI=1S/C12H22N2O/c1-3-10-9-12(4-2,15-8-7-13)6-5-11(10)14/h5-6H,3-4,7-9,13-14H2,1-2H3. The van der Waals surface area contributed by atoms with Crippen molar-refractivity contribution in [2.24, 2.45) is 11.5 Å². The maximum Gasteiger partial charge on any atom is 0.0902 e. The van der Waals surface area contributed by atoms with E-state index in [1.54, 1.807) is 0 Å². The Morgan fingerprint density at radius 2 is 2.20 bits per heavy atom. The van der Waals surface area contributed by atoms with E-state index in [1.165, 1.54) is 5.57 Å². The molecule has 3 nitrogen and oxygen atoms in total. The maximum absolute atomic E-state index is 5.91. The van der Waals surface area contributed by atoms with Crippen LogP contribution in [0, 0.1) is 0 Å². The van der Waals surface area contributed by atoms with Crippen LogP contribution in [0.1, 0.15) is 33.1 Å². The molecule has 1 atom stereocenters. The summed E-state index contributed by atoms with van der Waals surface area (Å²) in [5.74, 6) is 0. The monoisotopic (exact) mass is 210 g/mol. The first-order valence-electron chi connectivity index (χ1n) is 5.68. The molecule has 0 heterocycles. The fourth-order valence-electron chi connectivity index (χ4n) is 1.92. The summed E-state index contributed by atoms with van der Waals surface area (Å²) in [6.07, 6.45) is 6.91. The number of nitrogens with two attached hydrogens (primary N) is 2. The number of rotatable bonds is 5. The first-order chi connectivity index (χ1) is 7.17. The van der Waals surface area contributed by atoms with Gasteiger partial charge in [-0.2, -0.15) is 0 Å². The third kappa shape index (κ3) is 2.83. The van der Waals surface area contributed by atoms with Crippen LogP contribution in [0.4, 0.5) is 0 Å². The highest BCUT2D eigenvalue weighted by Crippen LogP contribution is 2.32. The van der Waals surface area contributed by atoms with Crippen molar-refractivity contribution in [3.8, 4) is 0 Å². The summed E-state index contributed by atoms with van der Waals surface area (Å²) in [5.41, 5.74) is 13.4. The lowest BCUT2D eigenvalue weighted by Gasteiger charge is -2.33. The maximum atomic E-state index is 5.91. The van der Waals surface area contributed by atoms with Gasteiger partial charge < -0.3 is 16.2 Å². The van der Waals surface area contributed by atoms with Crippen molar-refractivity contribution in [3.63, 3.8) is 0 Å². The quantitative estimate of drug-likeness (QED) is 0.726. The summed E-state index contributed by atoms with van der Waals surface area (Å²) in [6.45, 7) is 5.44. The Kier molecular flexibility index (Phi) is 4.36. The predicted molar refractivity (Wildman–Crippen MR) is 63.3 cm³/mol. The average Bonchev–Trinajstić information content (AvgIpc) is 2.28. The number of hydrogen-bond acceptors (Lipinski definition) is 3. The van der Waals surface area contributed by atoms with Crippen LogP contribution in [0.2, 0.25) is 0 Å². The fraction of sp³-hybridized carbons (Fsp3) is 0.667. The van der Waals surface area contributed by atoms with Crippen molar-refractivity contribution in [2.75, 3.05) is 13.2 Å². The number of allylic oxidation sites excluding steroid dienone is 1. The minimum atomic E-state index is -0.173. The molecule has 0 radical (unpaired) electrons. The minimum absolute atomic E-state index is 0.173. The van der Waals surface area contributed by atoms with Gasteiger partial charge in [0.1, 0.15) is 0 Å². The first-order valence-corrected chi connectivity index (χ1v) is 5.68. The van der Waals surface area contributed by atoms with E-state index in [4.69, 9.17) is 16.2 Å². The van der Waals surface area contributed by atoms with E-state index in [0.29, 0.717) is 13.2 Å². The summed E-state index contributed by atoms with van der Waals surface area (Å²) in [5, 5.41) is 0. The molecular weight excluding hydrogens is 188 g/mol. The molecule has 3 heteroatoms. The minimum Gasteiger partial charge on any atom is -0.399 e. The third-order valence-corrected chi connectivity index (χ3v) is 3.02. The molecule has 0 bridgehead atoms. The van der Waals surface area contributed by atoms with E-state index < -0.39 is 0 Å². The SMILES string of the molecule is CCC1=C(N)C=CC(CC)(OCCN)C1. The van der Waals surface area contributed by atoms with Gasteiger partial charge in [0.2, 0.25) is 0 Å². The van der Waals surface area contributed by atoms with Gasteiger partial charge in [0.05, 0.1) is 12.2 Å². The zero-order chi connectivity index (χ0) is 11.3. The van der Waals surface area contributed by atoms with Gasteiger partial charge in [0, 0.05) is 18.7 Å². The van der Waals surface area contributed by atoms with Crippen LogP contribution in [0.5, 0.6) is 0 Å². The number of hydrogen-bond donors (Lipinski definition) is 2. The molecule has 1 aliphatic rings. The van der Waals surface area contributed by atoms with E-state index in [-0.39, 0.29) is 5.60 Å². The zero-order valence-electron chi connectivity index (χ0n) is 9.75. The van der Waals surface area contributed by atoms with Gasteiger partial charge in [0.15, 0.2) is 0 Å². The Morgan fingerprint density at radius 3 is 2.73 bits per heavy atom. The predicted octanol–water partition coefficient (Wildman–Crippen LogP) is 1.69. The lowest BCUT2D eigenvalue weighted by Crippen LogP contribution is -2.34. The smallest absolute Gasteiger partial charge is 0.0902 e. The van der Waals surface area contributed by atoms with Gasteiger partial charge >= 0.3 is 0 Å². The molecule has 0 fully saturated rings. The van der Waals surface area contributed by atoms with Crippen molar-refractivity contribution in [1.29, 1.82) is 0 Å². The second-order valence-corrected chi connectivity index (χ2v) is 3.98. The van der Waals surface area contributed by atoms with Crippen LogP contribution < -0.4 is 11.5 Å². The van der Waals surface area contributed by atoms with E-state index in [1.807, 2.05) is 6.08 Å². The van der Waals surface area contributed by atoms with Crippen LogP contribution in [0.3, 0.4) is 0 Å². The van der Waals surface area contributed by atoms with Gasteiger partial charge in [-0.15, -0.1) is 0 Å². The van der Waals surface area contributed by atoms with Gasteiger partial charge in [0.25, 0.3) is 0 Å². The lowest BCUT2D eigenvalue weighted by molar-refractivity contribution is -0.00815. The molecule has 0 aromatic rings. The molecule has 0 saturated carbocycles. The number of ether oxygens (including phenoxy) is 1. The van der Waals surface area contributed by atoms with Crippen molar-refractivity contribution < 1.29 is 4.74 Å². The topological polar surface area (TPSA) is 61.3 Å². The molecule has 0 saturated heterocycles. The Balaban J connectivity index is 2.75. The largest absolute Gasteiger partial charge is 0.399 e. The van der Waals surface area contributed by atoms with Gasteiger partial charge in [-0.1, -0.05) is 19.9 Å². The molecule has 0 aromatic heterocycles. The second-order valence-electron chi connectivity index (χ2n) is 3.98. The normalized spacial score (nSPS) is 26.1. The highest BCUT2D eigenvalue weighted by molar-refractivity contribution is 5.32. The first kappa shape index (κ1) is 12.3. The molecule has 15 heavy (non-hydrogen) atoms. The summed E-state index contributed by atoms with van der Waals surface area (Å²) < 4.78 is 5.85. The van der Waals surface area contributed by atoms with Crippen LogP contribution in [-0.2, 0) is 4.74 Å². The van der Waals surface area contributed by atoms with Crippen LogP contribution in [0.25, 0.3) is 0 Å². The Bertz CT molecular complexity index is 271. The van der Waals surface area contributed by atoms with Crippen molar-refractivity contribution in [3.05, 3.63) is 23.4 Å². The van der Waals surface area contributed by atoms with Crippen LogP contribution >= 0.6 is 0 Å². The summed E-state index contributed by atoms with van der Waals surface area (Å²) in [4.78, 5) is 0. The Morgan fingerprint density at radius 1 is 1.47 bits per heavy atom. The highest BCUT2D eigenvalue weighted by atomic mass is 16.5. The molecule has 4 N–H and O–H groups in total. The van der Waals surface area contributed by atoms with Gasteiger partial charge in [-0.05, 0) is 24.5 Å². The van der Waals surface area contributed by atoms with Crippen molar-refractivity contribution in [2.45, 2.75) is 38.7 Å². The van der Waals surface area contributed by atoms with Crippen molar-refractivity contribution in [1.82, 2.24) is 0 Å². The molecule has 0 amide bonds. The van der Waals surface area contributed by atoms with E-state index in [0.717, 1.165) is 25.0 Å². The summed E-state index contributed by atoms with van der Waals surface area (Å²) in [7, 11) is 0. The molecular formula is C12H22N2O. The van der Waals surface area contributed by atoms with Crippen molar-refractivity contribution >= 4 is 0 Å². The Labute approximate surface area is 92.2 Å².